The van der Waals surface area contributed by atoms with Crippen molar-refractivity contribution in [3.8, 4) is 0 Å². The zero-order valence-electron chi connectivity index (χ0n) is 9.25. The number of hydrogen-bond acceptors (Lipinski definition) is 2. The standard InChI is InChI=1S/C11H10.2CNO/c1-9-6-7-10-4-2-3-5-11(10)8-9;2*2-1-3/h2-8H,1H3;;/q;2*-1. The number of nitrogens with zero attached hydrogens (tertiary/aromatic N) is 2. The van der Waals surface area contributed by atoms with Crippen LogP contribution in [0.1, 0.15) is 5.56 Å². The predicted molar refractivity (Wildman–Crippen MR) is 66.8 cm³/mol. The van der Waals surface area contributed by atoms with E-state index >= 15 is 0 Å². The van der Waals surface area contributed by atoms with Crippen molar-refractivity contribution >= 4 is 22.9 Å². The van der Waals surface area contributed by atoms with Crippen LogP contribution in [0.4, 0.5) is 0 Å². The second-order valence-electron chi connectivity index (χ2n) is 3.03. The molecular weight excluding hydrogens is 216 g/mol. The van der Waals surface area contributed by atoms with Gasteiger partial charge in [-0.15, -0.1) is 0 Å². The van der Waals surface area contributed by atoms with Crippen molar-refractivity contribution in [3.63, 3.8) is 0 Å². The summed E-state index contributed by atoms with van der Waals surface area (Å²) in [7, 11) is 0. The maximum atomic E-state index is 8.24. The molecule has 4 nitrogen and oxygen atoms in total. The topological polar surface area (TPSA) is 78.7 Å². The fraction of sp³-hybridized carbons (Fsp3) is 0.0769. The van der Waals surface area contributed by atoms with Crippen molar-refractivity contribution in [2.75, 3.05) is 0 Å². The Morgan fingerprint density at radius 1 is 0.882 bits per heavy atom. The van der Waals surface area contributed by atoms with Gasteiger partial charge in [0.2, 0.25) is 0 Å². The average Bonchev–Trinajstić information content (AvgIpc) is 2.31. The Morgan fingerprint density at radius 2 is 1.35 bits per heavy atom. The van der Waals surface area contributed by atoms with Crippen LogP contribution in [-0.4, -0.2) is 12.2 Å². The van der Waals surface area contributed by atoms with Crippen LogP contribution in [0.5, 0.6) is 0 Å². The molecule has 0 aliphatic rings. The summed E-state index contributed by atoms with van der Waals surface area (Å²) in [6.45, 7) is 2.12. The fourth-order valence-electron chi connectivity index (χ4n) is 1.31. The first-order valence-electron chi connectivity index (χ1n) is 4.67. The Morgan fingerprint density at radius 3 is 1.88 bits per heavy atom. The molecule has 2 rings (SSSR count). The minimum Gasteiger partial charge on any atom is -0.724 e. The molecule has 0 spiro atoms. The van der Waals surface area contributed by atoms with Crippen molar-refractivity contribution in [1.82, 2.24) is 0 Å². The quantitative estimate of drug-likeness (QED) is 0.511. The monoisotopic (exact) mass is 226 g/mol. The lowest BCUT2D eigenvalue weighted by Crippen LogP contribution is -1.73. The molecule has 0 heterocycles. The molecule has 0 aliphatic heterocycles. The Bertz CT molecular complexity index is 526. The normalized spacial score (nSPS) is 7.59. The van der Waals surface area contributed by atoms with Crippen LogP contribution in [-0.2, 0) is 9.59 Å². The highest BCUT2D eigenvalue weighted by Crippen LogP contribution is 2.14. The van der Waals surface area contributed by atoms with Gasteiger partial charge >= 0.3 is 0 Å². The number of rotatable bonds is 0. The van der Waals surface area contributed by atoms with E-state index in [1.807, 2.05) is 0 Å². The predicted octanol–water partition coefficient (Wildman–Crippen LogP) is 2.93. The van der Waals surface area contributed by atoms with Crippen LogP contribution >= 0.6 is 0 Å². The van der Waals surface area contributed by atoms with Crippen LogP contribution < -0.4 is 0 Å². The van der Waals surface area contributed by atoms with Gasteiger partial charge in [-0.05, 0) is 29.9 Å². The summed E-state index contributed by atoms with van der Waals surface area (Å²) in [6, 6.07) is 14.9. The second-order valence-corrected chi connectivity index (χ2v) is 3.03. The SMILES string of the molecule is Cc1ccc2ccccc2c1.[N-]=C=O.[N-]=C=O. The molecule has 0 amide bonds. The lowest BCUT2D eigenvalue weighted by atomic mass is 10.1. The first-order valence-corrected chi connectivity index (χ1v) is 4.67. The zero-order chi connectivity index (χ0) is 13.1. The molecule has 0 saturated heterocycles. The molecule has 0 N–H and O–H groups in total. The van der Waals surface area contributed by atoms with Gasteiger partial charge in [-0.1, -0.05) is 48.0 Å². The van der Waals surface area contributed by atoms with Crippen LogP contribution in [0.2, 0.25) is 0 Å². The van der Waals surface area contributed by atoms with Gasteiger partial charge in [-0.3, -0.25) is 9.59 Å². The van der Waals surface area contributed by atoms with Gasteiger partial charge in [-0.2, -0.15) is 0 Å². The van der Waals surface area contributed by atoms with E-state index in [0.29, 0.717) is 12.2 Å². The molecule has 2 aromatic rings. The highest BCUT2D eigenvalue weighted by Gasteiger charge is 1.89. The van der Waals surface area contributed by atoms with Crippen LogP contribution in [0.3, 0.4) is 0 Å². The molecule has 0 atom stereocenters. The number of fused-ring (bicyclic) bond motifs is 1. The Kier molecular flexibility index (Phi) is 7.44. The third-order valence-corrected chi connectivity index (χ3v) is 1.90. The van der Waals surface area contributed by atoms with E-state index in [9.17, 15) is 0 Å². The molecule has 0 aliphatic carbocycles. The minimum atomic E-state index is 0.500. The van der Waals surface area contributed by atoms with Crippen LogP contribution in [0.25, 0.3) is 21.6 Å². The van der Waals surface area contributed by atoms with E-state index in [2.05, 4.69) is 49.4 Å². The molecule has 0 fully saturated rings. The van der Waals surface area contributed by atoms with E-state index < -0.39 is 0 Å². The minimum absolute atomic E-state index is 0.500. The summed E-state index contributed by atoms with van der Waals surface area (Å²) in [5.74, 6) is 0. The summed E-state index contributed by atoms with van der Waals surface area (Å²) < 4.78 is 0. The third-order valence-electron chi connectivity index (χ3n) is 1.90. The number of carbonyl (C=O) groups excluding carboxylic acids is 2. The molecule has 0 saturated carbocycles. The summed E-state index contributed by atoms with van der Waals surface area (Å²) in [6.07, 6.45) is 1.00. The van der Waals surface area contributed by atoms with Gasteiger partial charge in [0.05, 0.1) is 0 Å². The number of benzene rings is 2. The fourth-order valence-corrected chi connectivity index (χ4v) is 1.31. The number of isocyanates is 2. The molecule has 17 heavy (non-hydrogen) atoms. The maximum absolute atomic E-state index is 8.24. The first-order chi connectivity index (χ1) is 8.19. The van der Waals surface area contributed by atoms with Gasteiger partial charge in [-0.25, -0.2) is 0 Å². The van der Waals surface area contributed by atoms with Gasteiger partial charge in [0, 0.05) is 0 Å². The first kappa shape index (κ1) is 14.5. The molecule has 0 bridgehead atoms. The maximum Gasteiger partial charge on any atom is -0.0159 e. The molecule has 2 aromatic carbocycles. The van der Waals surface area contributed by atoms with E-state index in [-0.39, 0.29) is 0 Å². The molecule has 0 radical (unpaired) electrons. The molecule has 0 unspecified atom stereocenters. The van der Waals surface area contributed by atoms with Gasteiger partial charge < -0.3 is 10.8 Å². The summed E-state index contributed by atoms with van der Waals surface area (Å²) in [5.41, 5.74) is 1.32. The highest BCUT2D eigenvalue weighted by atomic mass is 16.1. The summed E-state index contributed by atoms with van der Waals surface area (Å²) >= 11 is 0. The number of aryl methyl sites for hydroxylation is 1. The zero-order valence-corrected chi connectivity index (χ0v) is 9.25. The van der Waals surface area contributed by atoms with Crippen molar-refractivity contribution in [2.45, 2.75) is 6.92 Å². The van der Waals surface area contributed by atoms with Gasteiger partial charge in [0.25, 0.3) is 0 Å². The van der Waals surface area contributed by atoms with E-state index in [1.165, 1.54) is 16.3 Å². The van der Waals surface area contributed by atoms with Gasteiger partial charge in [0.1, 0.15) is 0 Å². The second kappa shape index (κ2) is 8.74. The summed E-state index contributed by atoms with van der Waals surface area (Å²) in [5, 5.41) is 16.2. The molecule has 4 heteroatoms. The van der Waals surface area contributed by atoms with Crippen molar-refractivity contribution in [1.29, 1.82) is 0 Å². The van der Waals surface area contributed by atoms with E-state index in [0.717, 1.165) is 0 Å². The Labute approximate surface area is 98.9 Å². The van der Waals surface area contributed by atoms with Crippen molar-refractivity contribution in [3.05, 3.63) is 58.8 Å². The highest BCUT2D eigenvalue weighted by molar-refractivity contribution is 5.82. The third kappa shape index (κ3) is 5.80. The van der Waals surface area contributed by atoms with Crippen LogP contribution in [0.15, 0.2) is 42.5 Å². The van der Waals surface area contributed by atoms with Crippen LogP contribution in [0, 0.1) is 6.92 Å². The van der Waals surface area contributed by atoms with Gasteiger partial charge in [0.15, 0.2) is 0 Å². The van der Waals surface area contributed by atoms with E-state index in [4.69, 9.17) is 20.4 Å². The van der Waals surface area contributed by atoms with Crippen molar-refractivity contribution < 1.29 is 9.59 Å². The number of hydrogen-bond donors (Lipinski definition) is 0. The summed E-state index contributed by atoms with van der Waals surface area (Å²) in [4.78, 5) is 16.5. The lowest BCUT2D eigenvalue weighted by molar-refractivity contribution is 0.568. The lowest BCUT2D eigenvalue weighted by Gasteiger charge is -1.96. The largest absolute Gasteiger partial charge is 0.724 e. The Balaban J connectivity index is 0.000000366. The Hall–Kier alpha value is -2.54. The van der Waals surface area contributed by atoms with Crippen molar-refractivity contribution in [2.24, 2.45) is 0 Å². The average molecular weight is 226 g/mol. The molecule has 0 aromatic heterocycles. The van der Waals surface area contributed by atoms with E-state index in [1.54, 1.807) is 0 Å². The smallest absolute Gasteiger partial charge is 0.0159 e. The molecular formula is C13H10N2O2-2. The molecule has 86 valence electrons.